The van der Waals surface area contributed by atoms with Crippen molar-refractivity contribution >= 4 is 0 Å². The van der Waals surface area contributed by atoms with E-state index in [1.54, 1.807) is 14.2 Å². The van der Waals surface area contributed by atoms with Crippen LogP contribution in [0.1, 0.15) is 0 Å². The smallest absolute Gasteiger partial charge is 0.258 e. The Morgan fingerprint density at radius 1 is 0.864 bits per heavy atom. The monoisotopic (exact) mass is 297 g/mol. The zero-order valence-electron chi connectivity index (χ0n) is 12.2. The van der Waals surface area contributed by atoms with Gasteiger partial charge in [0.1, 0.15) is 23.4 Å². The number of nitrogens with zero attached hydrogens (tertiary/aromatic N) is 2. The van der Waals surface area contributed by atoms with Crippen molar-refractivity contribution in [3.8, 4) is 34.3 Å². The van der Waals surface area contributed by atoms with Crippen LogP contribution >= 0.6 is 0 Å². The van der Waals surface area contributed by atoms with E-state index in [0.29, 0.717) is 11.6 Å². The summed E-state index contributed by atoms with van der Waals surface area (Å²) in [4.78, 5) is 0. The molecule has 1 N–H and O–H groups in total. The van der Waals surface area contributed by atoms with Crippen molar-refractivity contribution in [1.82, 2.24) is 15.4 Å². The number of aromatic nitrogens is 3. The third-order valence-electron chi connectivity index (χ3n) is 3.13. The van der Waals surface area contributed by atoms with Gasteiger partial charge in [-0.2, -0.15) is 10.3 Å². The second kappa shape index (κ2) is 6.17. The van der Waals surface area contributed by atoms with Crippen molar-refractivity contribution in [3.05, 3.63) is 48.7 Å². The molecule has 22 heavy (non-hydrogen) atoms. The summed E-state index contributed by atoms with van der Waals surface area (Å²) in [7, 11) is 3.26. The molecule has 0 saturated carbocycles. The van der Waals surface area contributed by atoms with E-state index in [4.69, 9.17) is 14.2 Å². The third kappa shape index (κ3) is 3.01. The van der Waals surface area contributed by atoms with Crippen LogP contribution in [0, 0.1) is 0 Å². The molecule has 0 aliphatic carbocycles. The van der Waals surface area contributed by atoms with Crippen LogP contribution in [-0.4, -0.2) is 29.6 Å². The maximum absolute atomic E-state index is 5.63. The summed E-state index contributed by atoms with van der Waals surface area (Å²) < 4.78 is 16.2. The van der Waals surface area contributed by atoms with Gasteiger partial charge in [0.15, 0.2) is 0 Å². The van der Waals surface area contributed by atoms with Gasteiger partial charge >= 0.3 is 0 Å². The first-order valence-corrected chi connectivity index (χ1v) is 6.65. The fourth-order valence-electron chi connectivity index (χ4n) is 2.07. The largest absolute Gasteiger partial charge is 0.497 e. The number of H-pyrrole nitrogens is 1. The van der Waals surface area contributed by atoms with E-state index in [0.717, 1.165) is 22.6 Å². The maximum atomic E-state index is 5.63. The van der Waals surface area contributed by atoms with Crippen molar-refractivity contribution < 1.29 is 14.2 Å². The van der Waals surface area contributed by atoms with Gasteiger partial charge in [0.05, 0.1) is 14.2 Å². The fourth-order valence-corrected chi connectivity index (χ4v) is 2.07. The number of ether oxygens (including phenoxy) is 3. The Balaban J connectivity index is 1.94. The number of nitrogens with one attached hydrogen (secondary N) is 1. The van der Waals surface area contributed by atoms with Crippen molar-refractivity contribution in [2.75, 3.05) is 14.2 Å². The van der Waals surface area contributed by atoms with E-state index >= 15 is 0 Å². The van der Waals surface area contributed by atoms with Crippen LogP contribution in [0.5, 0.6) is 23.1 Å². The predicted octanol–water partition coefficient (Wildman–Crippen LogP) is 3.28. The Labute approximate surface area is 127 Å². The summed E-state index contributed by atoms with van der Waals surface area (Å²) in [6, 6.07) is 13.4. The van der Waals surface area contributed by atoms with Crippen molar-refractivity contribution in [2.24, 2.45) is 0 Å². The molecule has 0 fully saturated rings. The van der Waals surface area contributed by atoms with E-state index in [2.05, 4.69) is 15.4 Å². The Hall–Kier alpha value is -3.02. The number of aromatic amines is 1. The molecule has 0 spiro atoms. The number of hydrogen-bond donors (Lipinski definition) is 1. The lowest BCUT2D eigenvalue weighted by atomic mass is 10.0. The first kappa shape index (κ1) is 13.9. The molecule has 2 aromatic carbocycles. The van der Waals surface area contributed by atoms with E-state index in [1.807, 2.05) is 42.5 Å². The van der Waals surface area contributed by atoms with E-state index in [1.165, 1.54) is 6.20 Å². The van der Waals surface area contributed by atoms with Gasteiger partial charge in [-0.15, -0.1) is 5.10 Å². The van der Waals surface area contributed by atoms with Gasteiger partial charge in [-0.05, 0) is 35.4 Å². The molecule has 0 saturated heterocycles. The topological polar surface area (TPSA) is 69.3 Å². The Kier molecular flexibility index (Phi) is 3.91. The highest BCUT2D eigenvalue weighted by atomic mass is 16.5. The summed E-state index contributed by atoms with van der Waals surface area (Å²) in [5.41, 5.74) is 1.96. The van der Waals surface area contributed by atoms with Crippen LogP contribution in [-0.2, 0) is 0 Å². The highest BCUT2D eigenvalue weighted by Gasteiger charge is 2.06. The lowest BCUT2D eigenvalue weighted by Gasteiger charge is -2.10. The quantitative estimate of drug-likeness (QED) is 0.782. The van der Waals surface area contributed by atoms with Crippen molar-refractivity contribution in [1.29, 1.82) is 0 Å². The maximum Gasteiger partial charge on any atom is 0.258 e. The minimum atomic E-state index is 0.417. The molecule has 0 bridgehead atoms. The number of rotatable bonds is 5. The molecule has 0 unspecified atom stereocenters. The molecule has 0 atom stereocenters. The van der Waals surface area contributed by atoms with E-state index in [-0.39, 0.29) is 0 Å². The normalized spacial score (nSPS) is 10.3. The first-order chi connectivity index (χ1) is 10.8. The van der Waals surface area contributed by atoms with Crippen LogP contribution in [0.2, 0.25) is 0 Å². The van der Waals surface area contributed by atoms with Crippen LogP contribution in [0.3, 0.4) is 0 Å². The summed E-state index contributed by atoms with van der Waals surface area (Å²) in [5, 5.41) is 10.1. The second-order valence-corrected chi connectivity index (χ2v) is 4.54. The molecular formula is C16H15N3O3. The van der Waals surface area contributed by atoms with Gasteiger partial charge in [0, 0.05) is 6.07 Å². The molecule has 6 nitrogen and oxygen atoms in total. The predicted molar refractivity (Wildman–Crippen MR) is 81.4 cm³/mol. The summed E-state index contributed by atoms with van der Waals surface area (Å²) >= 11 is 0. The number of benzene rings is 2. The zero-order valence-corrected chi connectivity index (χ0v) is 12.2. The third-order valence-corrected chi connectivity index (χ3v) is 3.13. The van der Waals surface area contributed by atoms with Crippen molar-refractivity contribution in [2.45, 2.75) is 0 Å². The highest BCUT2D eigenvalue weighted by molar-refractivity contribution is 5.68. The molecule has 3 aromatic rings. The number of hydrogen-bond acceptors (Lipinski definition) is 5. The fraction of sp³-hybridized carbons (Fsp3) is 0.125. The molecule has 0 amide bonds. The summed E-state index contributed by atoms with van der Waals surface area (Å²) in [6.45, 7) is 0. The number of methoxy groups -OCH3 is 2. The van der Waals surface area contributed by atoms with Crippen LogP contribution in [0.25, 0.3) is 11.1 Å². The SMILES string of the molecule is COc1cc(OC)cc(-c2cccc(Oc3cn[nH]n3)c2)c1. The molecule has 6 heteroatoms. The van der Waals surface area contributed by atoms with E-state index in [9.17, 15) is 0 Å². The lowest BCUT2D eigenvalue weighted by Crippen LogP contribution is -1.89. The van der Waals surface area contributed by atoms with Gasteiger partial charge < -0.3 is 14.2 Å². The summed E-state index contributed by atoms with van der Waals surface area (Å²) in [5.74, 6) is 2.56. The Morgan fingerprint density at radius 2 is 1.59 bits per heavy atom. The molecule has 0 aliphatic heterocycles. The minimum absolute atomic E-state index is 0.417. The molecule has 0 aliphatic rings. The van der Waals surface area contributed by atoms with Gasteiger partial charge in [0.2, 0.25) is 0 Å². The minimum Gasteiger partial charge on any atom is -0.497 e. The molecule has 1 heterocycles. The average molecular weight is 297 g/mol. The molecule has 1 aromatic heterocycles. The summed E-state index contributed by atoms with van der Waals surface area (Å²) in [6.07, 6.45) is 1.52. The molecule has 3 rings (SSSR count). The first-order valence-electron chi connectivity index (χ1n) is 6.65. The van der Waals surface area contributed by atoms with Gasteiger partial charge in [-0.25, -0.2) is 0 Å². The second-order valence-electron chi connectivity index (χ2n) is 4.54. The molecule has 0 radical (unpaired) electrons. The molecule has 112 valence electrons. The van der Waals surface area contributed by atoms with Gasteiger partial charge in [0.25, 0.3) is 5.88 Å². The van der Waals surface area contributed by atoms with E-state index < -0.39 is 0 Å². The van der Waals surface area contributed by atoms with Crippen LogP contribution < -0.4 is 14.2 Å². The van der Waals surface area contributed by atoms with Crippen LogP contribution in [0.15, 0.2) is 48.7 Å². The van der Waals surface area contributed by atoms with Gasteiger partial charge in [-0.1, -0.05) is 12.1 Å². The average Bonchev–Trinajstić information content (AvgIpc) is 3.07. The lowest BCUT2D eigenvalue weighted by molar-refractivity contribution is 0.394. The standard InChI is InChI=1S/C16H15N3O3/c1-20-14-7-12(8-15(9-14)21-2)11-4-3-5-13(6-11)22-16-10-17-19-18-16/h3-10H,1-2H3,(H,17,18,19). The molecular weight excluding hydrogens is 282 g/mol. The van der Waals surface area contributed by atoms with Crippen LogP contribution in [0.4, 0.5) is 0 Å². The van der Waals surface area contributed by atoms with Gasteiger partial charge in [-0.3, -0.25) is 0 Å². The van der Waals surface area contributed by atoms with Crippen molar-refractivity contribution in [3.63, 3.8) is 0 Å². The Morgan fingerprint density at radius 3 is 2.23 bits per heavy atom. The highest BCUT2D eigenvalue weighted by Crippen LogP contribution is 2.32. The zero-order chi connectivity index (χ0) is 15.4. The Bertz CT molecular complexity index is 735.